The number of amides is 1. The highest BCUT2D eigenvalue weighted by Crippen LogP contribution is 2.24. The average molecular weight is 418 g/mol. The zero-order chi connectivity index (χ0) is 17.2. The van der Waals surface area contributed by atoms with Gasteiger partial charge >= 0.3 is 0 Å². The van der Waals surface area contributed by atoms with E-state index in [1.807, 2.05) is 31.2 Å². The Morgan fingerprint density at radius 2 is 1.91 bits per heavy atom. The summed E-state index contributed by atoms with van der Waals surface area (Å²) in [6.07, 6.45) is 0. The normalized spacial score (nSPS) is 12.7. The molecule has 2 aromatic carbocycles. The van der Waals surface area contributed by atoms with Crippen LogP contribution in [0, 0.1) is 0 Å². The minimum atomic E-state index is -4.00. The maximum atomic E-state index is 12.3. The number of benzene rings is 2. The second-order valence-corrected chi connectivity index (χ2v) is 7.70. The standard InChI is InChI=1S/C15H14BrClN2O3S/c1-9(11-4-2-3-5-12(11)16)19-15(20)10-6-7-13(17)14(8-10)23(18,21)22/h2-9H,1H3,(H,19,20)(H2,18,21,22)/t9-/m1/s1. The Hall–Kier alpha value is -1.41. The Bertz CT molecular complexity index is 856. The molecule has 8 heteroatoms. The molecular formula is C15H14BrClN2O3S. The van der Waals surface area contributed by atoms with Crippen LogP contribution in [-0.2, 0) is 10.0 Å². The van der Waals surface area contributed by atoms with Crippen LogP contribution in [-0.4, -0.2) is 14.3 Å². The first-order valence-electron chi connectivity index (χ1n) is 6.58. The van der Waals surface area contributed by atoms with Crippen molar-refractivity contribution in [2.45, 2.75) is 17.9 Å². The predicted octanol–water partition coefficient (Wildman–Crippen LogP) is 3.24. The first-order valence-corrected chi connectivity index (χ1v) is 9.29. The summed E-state index contributed by atoms with van der Waals surface area (Å²) in [5.74, 6) is -0.421. The number of carbonyl (C=O) groups excluding carboxylic acids is 1. The first kappa shape index (κ1) is 17.9. The van der Waals surface area contributed by atoms with Gasteiger partial charge in [0.15, 0.2) is 0 Å². The molecule has 0 saturated carbocycles. The van der Waals surface area contributed by atoms with Crippen LogP contribution in [0.15, 0.2) is 51.8 Å². The molecule has 3 N–H and O–H groups in total. The van der Waals surface area contributed by atoms with Gasteiger partial charge in [-0.3, -0.25) is 4.79 Å². The third-order valence-electron chi connectivity index (χ3n) is 3.22. The Morgan fingerprint density at radius 3 is 2.52 bits per heavy atom. The van der Waals surface area contributed by atoms with E-state index in [1.165, 1.54) is 18.2 Å². The van der Waals surface area contributed by atoms with Gasteiger partial charge in [-0.15, -0.1) is 0 Å². The van der Waals surface area contributed by atoms with Gasteiger partial charge in [-0.2, -0.15) is 0 Å². The van der Waals surface area contributed by atoms with Crippen LogP contribution in [0.25, 0.3) is 0 Å². The summed E-state index contributed by atoms with van der Waals surface area (Å²) in [6.45, 7) is 1.83. The molecule has 0 aliphatic rings. The SMILES string of the molecule is C[C@@H](NC(=O)c1ccc(Cl)c(S(N)(=O)=O)c1)c1ccccc1Br. The van der Waals surface area contributed by atoms with Gasteiger partial charge in [-0.1, -0.05) is 45.7 Å². The quantitative estimate of drug-likeness (QED) is 0.800. The molecule has 0 unspecified atom stereocenters. The van der Waals surface area contributed by atoms with Crippen LogP contribution in [0.4, 0.5) is 0 Å². The molecule has 0 aliphatic heterocycles. The van der Waals surface area contributed by atoms with Crippen LogP contribution >= 0.6 is 27.5 Å². The van der Waals surface area contributed by atoms with E-state index in [-0.39, 0.29) is 21.5 Å². The predicted molar refractivity (Wildman–Crippen MR) is 92.8 cm³/mol. The van der Waals surface area contributed by atoms with Gasteiger partial charge in [0.05, 0.1) is 11.1 Å². The number of carbonyl (C=O) groups is 1. The molecule has 122 valence electrons. The molecule has 23 heavy (non-hydrogen) atoms. The van der Waals surface area contributed by atoms with E-state index < -0.39 is 15.9 Å². The van der Waals surface area contributed by atoms with Crippen molar-refractivity contribution in [1.29, 1.82) is 0 Å². The number of hydrogen-bond donors (Lipinski definition) is 2. The molecule has 1 amide bonds. The van der Waals surface area contributed by atoms with Crippen LogP contribution in [0.5, 0.6) is 0 Å². The van der Waals surface area contributed by atoms with Crippen LogP contribution < -0.4 is 10.5 Å². The lowest BCUT2D eigenvalue weighted by Crippen LogP contribution is -2.27. The molecular weight excluding hydrogens is 404 g/mol. The van der Waals surface area contributed by atoms with Crippen LogP contribution in [0.1, 0.15) is 28.9 Å². The lowest BCUT2D eigenvalue weighted by Gasteiger charge is -2.16. The van der Waals surface area contributed by atoms with Crippen molar-refractivity contribution in [3.8, 4) is 0 Å². The molecule has 0 aliphatic carbocycles. The molecule has 1 atom stereocenters. The highest BCUT2D eigenvalue weighted by Gasteiger charge is 2.18. The summed E-state index contributed by atoms with van der Waals surface area (Å²) in [6, 6.07) is 11.2. The number of halogens is 2. The highest BCUT2D eigenvalue weighted by molar-refractivity contribution is 9.10. The third kappa shape index (κ3) is 4.32. The van der Waals surface area contributed by atoms with E-state index in [9.17, 15) is 13.2 Å². The topological polar surface area (TPSA) is 89.3 Å². The summed E-state index contributed by atoms with van der Waals surface area (Å²) in [7, 11) is -4.00. The fourth-order valence-electron chi connectivity index (χ4n) is 2.05. The van der Waals surface area contributed by atoms with Crippen molar-refractivity contribution >= 4 is 43.5 Å². The lowest BCUT2D eigenvalue weighted by molar-refractivity contribution is 0.0939. The molecule has 0 spiro atoms. The number of primary sulfonamides is 1. The minimum absolute atomic E-state index is 0.0251. The van der Waals surface area contributed by atoms with E-state index in [2.05, 4.69) is 21.2 Å². The van der Waals surface area contributed by atoms with E-state index in [0.717, 1.165) is 10.0 Å². The van der Waals surface area contributed by atoms with Crippen molar-refractivity contribution in [2.75, 3.05) is 0 Å². The maximum Gasteiger partial charge on any atom is 0.251 e. The number of nitrogens with two attached hydrogens (primary N) is 1. The zero-order valence-electron chi connectivity index (χ0n) is 12.1. The Kier molecular flexibility index (Phi) is 5.46. The zero-order valence-corrected chi connectivity index (χ0v) is 15.2. The van der Waals surface area contributed by atoms with E-state index in [1.54, 1.807) is 0 Å². The second kappa shape index (κ2) is 7.00. The van der Waals surface area contributed by atoms with E-state index in [4.69, 9.17) is 16.7 Å². The number of hydrogen-bond acceptors (Lipinski definition) is 3. The first-order chi connectivity index (χ1) is 10.7. The van der Waals surface area contributed by atoms with Gasteiger partial charge in [0.25, 0.3) is 5.91 Å². The van der Waals surface area contributed by atoms with Crippen molar-refractivity contribution in [2.24, 2.45) is 5.14 Å². The molecule has 0 bridgehead atoms. The second-order valence-electron chi connectivity index (χ2n) is 4.91. The summed E-state index contributed by atoms with van der Waals surface area (Å²) in [5.41, 5.74) is 1.07. The Labute approximate surface area is 148 Å². The molecule has 5 nitrogen and oxygen atoms in total. The van der Waals surface area contributed by atoms with Crippen molar-refractivity contribution in [1.82, 2.24) is 5.32 Å². The number of sulfonamides is 1. The van der Waals surface area contributed by atoms with Crippen LogP contribution in [0.3, 0.4) is 0 Å². The molecule has 0 saturated heterocycles. The Balaban J connectivity index is 2.27. The highest BCUT2D eigenvalue weighted by atomic mass is 79.9. The smallest absolute Gasteiger partial charge is 0.251 e. The van der Waals surface area contributed by atoms with Gasteiger partial charge < -0.3 is 5.32 Å². The maximum absolute atomic E-state index is 12.3. The monoisotopic (exact) mass is 416 g/mol. The number of nitrogens with one attached hydrogen (secondary N) is 1. The number of rotatable bonds is 4. The fraction of sp³-hybridized carbons (Fsp3) is 0.133. The van der Waals surface area contributed by atoms with Crippen molar-refractivity contribution in [3.05, 3.63) is 63.1 Å². The minimum Gasteiger partial charge on any atom is -0.345 e. The summed E-state index contributed by atoms with van der Waals surface area (Å²) in [5, 5.41) is 7.87. The van der Waals surface area contributed by atoms with Gasteiger partial charge in [0.1, 0.15) is 4.90 Å². The fourth-order valence-corrected chi connectivity index (χ4v) is 3.75. The molecule has 2 aromatic rings. The summed E-state index contributed by atoms with van der Waals surface area (Å²) >= 11 is 9.24. The summed E-state index contributed by atoms with van der Waals surface area (Å²) < 4.78 is 23.8. The molecule has 2 rings (SSSR count). The molecule has 0 aromatic heterocycles. The summed E-state index contributed by atoms with van der Waals surface area (Å²) in [4.78, 5) is 12.0. The van der Waals surface area contributed by atoms with Crippen molar-refractivity contribution < 1.29 is 13.2 Å². The van der Waals surface area contributed by atoms with E-state index in [0.29, 0.717) is 0 Å². The molecule has 0 fully saturated rings. The van der Waals surface area contributed by atoms with Gasteiger partial charge in [-0.25, -0.2) is 13.6 Å². The Morgan fingerprint density at radius 1 is 1.26 bits per heavy atom. The van der Waals surface area contributed by atoms with Crippen molar-refractivity contribution in [3.63, 3.8) is 0 Å². The molecule has 0 heterocycles. The van der Waals surface area contributed by atoms with Crippen LogP contribution in [0.2, 0.25) is 5.02 Å². The lowest BCUT2D eigenvalue weighted by atomic mass is 10.1. The average Bonchev–Trinajstić information content (AvgIpc) is 2.46. The van der Waals surface area contributed by atoms with Gasteiger partial charge in [0, 0.05) is 10.0 Å². The largest absolute Gasteiger partial charge is 0.345 e. The van der Waals surface area contributed by atoms with Gasteiger partial charge in [-0.05, 0) is 36.8 Å². The van der Waals surface area contributed by atoms with E-state index >= 15 is 0 Å². The molecule has 0 radical (unpaired) electrons. The third-order valence-corrected chi connectivity index (χ3v) is 5.33. The van der Waals surface area contributed by atoms with Gasteiger partial charge in [0.2, 0.25) is 10.0 Å².